The van der Waals surface area contributed by atoms with Crippen LogP contribution < -0.4 is 5.32 Å². The fourth-order valence-electron chi connectivity index (χ4n) is 3.40. The van der Waals surface area contributed by atoms with Crippen LogP contribution >= 0.6 is 11.3 Å². The lowest BCUT2D eigenvalue weighted by molar-refractivity contribution is -0.152. The van der Waals surface area contributed by atoms with Gasteiger partial charge in [0.2, 0.25) is 0 Å². The van der Waals surface area contributed by atoms with Gasteiger partial charge >= 0.3 is 5.97 Å². The summed E-state index contributed by atoms with van der Waals surface area (Å²) in [5.41, 5.74) is 2.32. The third-order valence-corrected chi connectivity index (χ3v) is 5.74. The van der Waals surface area contributed by atoms with E-state index < -0.39 is 5.92 Å². The average Bonchev–Trinajstić information content (AvgIpc) is 3.07. The van der Waals surface area contributed by atoms with Crippen LogP contribution in [0.5, 0.6) is 0 Å². The zero-order valence-corrected chi connectivity index (χ0v) is 14.9. The zero-order valence-electron chi connectivity index (χ0n) is 14.1. The largest absolute Gasteiger partial charge is 0.462 e. The molecule has 24 heavy (non-hydrogen) atoms. The van der Waals surface area contributed by atoms with E-state index in [-0.39, 0.29) is 23.8 Å². The van der Waals surface area contributed by atoms with Gasteiger partial charge < -0.3 is 10.1 Å². The van der Waals surface area contributed by atoms with Crippen LogP contribution in [0.1, 0.15) is 50.3 Å². The highest BCUT2D eigenvalue weighted by atomic mass is 32.1. The number of hydrogen-bond acceptors (Lipinski definition) is 5. The summed E-state index contributed by atoms with van der Waals surface area (Å²) in [5, 5.41) is 5.21. The molecule has 0 saturated heterocycles. The Hall–Kier alpha value is -1.88. The van der Waals surface area contributed by atoms with E-state index in [1.807, 2.05) is 31.4 Å². The van der Waals surface area contributed by atoms with Crippen molar-refractivity contribution in [1.82, 2.24) is 5.32 Å². The van der Waals surface area contributed by atoms with Crippen molar-refractivity contribution < 1.29 is 14.3 Å². The number of esters is 1. The van der Waals surface area contributed by atoms with Crippen LogP contribution in [0.4, 0.5) is 0 Å². The number of carbonyl (C=O) groups excluding carboxylic acids is 2. The Kier molecular flexibility index (Phi) is 4.90. The van der Waals surface area contributed by atoms with Crippen LogP contribution in [0.2, 0.25) is 0 Å². The van der Waals surface area contributed by atoms with Crippen molar-refractivity contribution in [2.24, 2.45) is 5.92 Å². The highest BCUT2D eigenvalue weighted by Crippen LogP contribution is 2.45. The summed E-state index contributed by atoms with van der Waals surface area (Å²) < 4.78 is 5.58. The molecule has 1 aliphatic heterocycles. The van der Waals surface area contributed by atoms with Crippen molar-refractivity contribution in [3.05, 3.63) is 45.9 Å². The molecule has 1 aromatic rings. The Morgan fingerprint density at radius 2 is 2.29 bits per heavy atom. The first-order valence-corrected chi connectivity index (χ1v) is 9.36. The van der Waals surface area contributed by atoms with Gasteiger partial charge in [0.05, 0.1) is 6.10 Å². The van der Waals surface area contributed by atoms with E-state index in [0.717, 1.165) is 35.4 Å². The van der Waals surface area contributed by atoms with Crippen LogP contribution in [-0.4, -0.2) is 17.9 Å². The van der Waals surface area contributed by atoms with Gasteiger partial charge in [-0.1, -0.05) is 19.6 Å². The van der Waals surface area contributed by atoms with Crippen molar-refractivity contribution in [2.45, 2.75) is 51.6 Å². The summed E-state index contributed by atoms with van der Waals surface area (Å²) in [6, 6.07) is 3.94. The zero-order chi connectivity index (χ0) is 17.3. The predicted molar refractivity (Wildman–Crippen MR) is 94.6 cm³/mol. The molecular formula is C19H23NO3S. The molecular weight excluding hydrogens is 322 g/mol. The fraction of sp³-hybridized carbons (Fsp3) is 0.474. The molecule has 128 valence electrons. The molecule has 1 aliphatic carbocycles. The lowest BCUT2D eigenvalue weighted by atomic mass is 9.74. The lowest BCUT2D eigenvalue weighted by Crippen LogP contribution is -2.41. The Labute approximate surface area is 146 Å². The fourth-order valence-corrected chi connectivity index (χ4v) is 4.27. The van der Waals surface area contributed by atoms with Crippen molar-refractivity contribution in [1.29, 1.82) is 0 Å². The van der Waals surface area contributed by atoms with E-state index in [4.69, 9.17) is 4.74 Å². The predicted octanol–water partition coefficient (Wildman–Crippen LogP) is 3.91. The number of ketones is 1. The van der Waals surface area contributed by atoms with Crippen LogP contribution in [0.3, 0.4) is 0 Å². The van der Waals surface area contributed by atoms with Crippen molar-refractivity contribution >= 4 is 23.1 Å². The van der Waals surface area contributed by atoms with Gasteiger partial charge in [0.15, 0.2) is 5.78 Å². The second kappa shape index (κ2) is 6.93. The Morgan fingerprint density at radius 1 is 1.50 bits per heavy atom. The SMILES string of the molecule is C=C1NC2=C(C(=O)CCC2)C(c2cccs2)C1C(=O)OC(C)CC. The van der Waals surface area contributed by atoms with Gasteiger partial charge in [-0.3, -0.25) is 9.59 Å². The minimum absolute atomic E-state index is 0.135. The number of rotatable bonds is 4. The molecule has 3 unspecified atom stereocenters. The highest BCUT2D eigenvalue weighted by molar-refractivity contribution is 7.10. The van der Waals surface area contributed by atoms with Gasteiger partial charge in [-0.05, 0) is 37.6 Å². The quantitative estimate of drug-likeness (QED) is 0.841. The Balaban J connectivity index is 2.04. The monoisotopic (exact) mass is 345 g/mol. The van der Waals surface area contributed by atoms with E-state index in [9.17, 15) is 9.59 Å². The minimum Gasteiger partial charge on any atom is -0.462 e. The van der Waals surface area contributed by atoms with Gasteiger partial charge in [0.1, 0.15) is 5.92 Å². The molecule has 2 heterocycles. The molecule has 0 aromatic carbocycles. The molecule has 2 aliphatic rings. The Bertz CT molecular complexity index is 689. The summed E-state index contributed by atoms with van der Waals surface area (Å²) >= 11 is 1.57. The number of thiophene rings is 1. The van der Waals surface area contributed by atoms with Crippen LogP contribution in [-0.2, 0) is 14.3 Å². The summed E-state index contributed by atoms with van der Waals surface area (Å²) in [4.78, 5) is 26.4. The van der Waals surface area contributed by atoms with Gasteiger partial charge in [-0.25, -0.2) is 0 Å². The molecule has 0 fully saturated rings. The van der Waals surface area contributed by atoms with Crippen LogP contribution in [0.25, 0.3) is 0 Å². The first-order valence-electron chi connectivity index (χ1n) is 8.48. The van der Waals surface area contributed by atoms with Crippen LogP contribution in [0.15, 0.2) is 41.1 Å². The number of Topliss-reactive ketones (excluding diaryl/α,β-unsaturated/α-hetero) is 1. The molecule has 0 spiro atoms. The van der Waals surface area contributed by atoms with Gasteiger partial charge in [-0.15, -0.1) is 11.3 Å². The van der Waals surface area contributed by atoms with Gasteiger partial charge in [0, 0.05) is 34.2 Å². The molecule has 0 bridgehead atoms. The second-order valence-electron chi connectivity index (χ2n) is 6.45. The topological polar surface area (TPSA) is 55.4 Å². The second-order valence-corrected chi connectivity index (χ2v) is 7.42. The third-order valence-electron chi connectivity index (χ3n) is 4.78. The molecule has 3 rings (SSSR count). The standard InChI is InChI=1S/C19H23NO3S/c1-4-11(2)23-19(22)16-12(3)20-13-7-5-8-14(21)17(13)18(16)15-9-6-10-24-15/h6,9-11,16,18,20H,3-5,7-8H2,1-2H3. The lowest BCUT2D eigenvalue weighted by Gasteiger charge is -2.37. The smallest absolute Gasteiger partial charge is 0.316 e. The Morgan fingerprint density at radius 3 is 2.96 bits per heavy atom. The number of allylic oxidation sites excluding steroid dienone is 2. The first kappa shape index (κ1) is 17.0. The van der Waals surface area contributed by atoms with Gasteiger partial charge in [-0.2, -0.15) is 0 Å². The van der Waals surface area contributed by atoms with E-state index in [2.05, 4.69) is 11.9 Å². The first-order chi connectivity index (χ1) is 11.5. The number of carbonyl (C=O) groups is 2. The number of nitrogens with one attached hydrogen (secondary N) is 1. The molecule has 4 nitrogen and oxygen atoms in total. The number of ether oxygens (including phenoxy) is 1. The van der Waals surface area contributed by atoms with E-state index in [1.165, 1.54) is 0 Å². The summed E-state index contributed by atoms with van der Waals surface area (Å²) in [6.07, 6.45) is 2.83. The van der Waals surface area contributed by atoms with Crippen molar-refractivity contribution in [3.63, 3.8) is 0 Å². The molecule has 0 radical (unpaired) electrons. The average molecular weight is 345 g/mol. The molecule has 1 N–H and O–H groups in total. The van der Waals surface area contributed by atoms with E-state index in [0.29, 0.717) is 12.1 Å². The maximum atomic E-state index is 12.8. The minimum atomic E-state index is -0.557. The van der Waals surface area contributed by atoms with Gasteiger partial charge in [0.25, 0.3) is 0 Å². The van der Waals surface area contributed by atoms with E-state index in [1.54, 1.807) is 11.3 Å². The maximum Gasteiger partial charge on any atom is 0.316 e. The molecule has 5 heteroatoms. The summed E-state index contributed by atoms with van der Waals surface area (Å²) in [7, 11) is 0. The molecule has 0 amide bonds. The number of hydrogen-bond donors (Lipinski definition) is 1. The molecule has 0 saturated carbocycles. The molecule has 3 atom stereocenters. The highest BCUT2D eigenvalue weighted by Gasteiger charge is 2.44. The maximum absolute atomic E-state index is 12.8. The van der Waals surface area contributed by atoms with Crippen molar-refractivity contribution in [2.75, 3.05) is 0 Å². The summed E-state index contributed by atoms with van der Waals surface area (Å²) in [6.45, 7) is 7.94. The van der Waals surface area contributed by atoms with Crippen molar-refractivity contribution in [3.8, 4) is 0 Å². The molecule has 1 aromatic heterocycles. The van der Waals surface area contributed by atoms with Crippen LogP contribution in [0, 0.1) is 5.92 Å². The summed E-state index contributed by atoms with van der Waals surface area (Å²) in [5.74, 6) is -1.00. The third kappa shape index (κ3) is 3.05. The normalized spacial score (nSPS) is 25.1. The van der Waals surface area contributed by atoms with E-state index >= 15 is 0 Å².